The Morgan fingerprint density at radius 1 is 1.11 bits per heavy atom. The molecule has 0 amide bonds. The Morgan fingerprint density at radius 2 is 1.94 bits per heavy atom. The van der Waals surface area contributed by atoms with Gasteiger partial charge in [0.1, 0.15) is 12.4 Å². The SMILES string of the molecule is CCc1cccc(OCc2ccc(Br)c(N)c2)c1. The van der Waals surface area contributed by atoms with E-state index in [0.717, 1.165) is 27.9 Å². The molecule has 0 aliphatic rings. The predicted octanol–water partition coefficient (Wildman–Crippen LogP) is 4.17. The normalized spacial score (nSPS) is 10.3. The fourth-order valence-corrected chi connectivity index (χ4v) is 1.95. The monoisotopic (exact) mass is 305 g/mol. The molecule has 0 unspecified atom stereocenters. The second-order valence-corrected chi connectivity index (χ2v) is 5.00. The number of halogens is 1. The molecule has 0 radical (unpaired) electrons. The zero-order chi connectivity index (χ0) is 13.0. The van der Waals surface area contributed by atoms with E-state index in [9.17, 15) is 0 Å². The van der Waals surface area contributed by atoms with Crippen LogP contribution in [0.5, 0.6) is 5.75 Å². The molecule has 3 heteroatoms. The lowest BCUT2D eigenvalue weighted by molar-refractivity contribution is 0.306. The summed E-state index contributed by atoms with van der Waals surface area (Å²) in [5, 5.41) is 0. The highest BCUT2D eigenvalue weighted by Gasteiger charge is 2.00. The van der Waals surface area contributed by atoms with E-state index in [1.54, 1.807) is 0 Å². The topological polar surface area (TPSA) is 35.2 Å². The third-order valence-electron chi connectivity index (χ3n) is 2.77. The van der Waals surface area contributed by atoms with Crippen LogP contribution in [0.4, 0.5) is 5.69 Å². The van der Waals surface area contributed by atoms with Gasteiger partial charge < -0.3 is 10.5 Å². The molecule has 0 aromatic heterocycles. The number of anilines is 1. The van der Waals surface area contributed by atoms with Crippen LogP contribution < -0.4 is 10.5 Å². The van der Waals surface area contributed by atoms with E-state index in [-0.39, 0.29) is 0 Å². The summed E-state index contributed by atoms with van der Waals surface area (Å²) in [5.74, 6) is 0.899. The third kappa shape index (κ3) is 3.26. The molecule has 0 aliphatic heterocycles. The van der Waals surface area contributed by atoms with Crippen molar-refractivity contribution in [3.05, 3.63) is 58.1 Å². The number of benzene rings is 2. The van der Waals surface area contributed by atoms with E-state index < -0.39 is 0 Å². The van der Waals surface area contributed by atoms with Crippen LogP contribution in [-0.4, -0.2) is 0 Å². The first-order chi connectivity index (χ1) is 8.69. The standard InChI is InChI=1S/C15H16BrNO/c1-2-11-4-3-5-13(8-11)18-10-12-6-7-14(16)15(17)9-12/h3-9H,2,10,17H2,1H3. The molecule has 0 aliphatic carbocycles. The van der Waals surface area contributed by atoms with Crippen LogP contribution >= 0.6 is 15.9 Å². The summed E-state index contributed by atoms with van der Waals surface area (Å²) in [6, 6.07) is 14.0. The molecular formula is C15H16BrNO. The van der Waals surface area contributed by atoms with Crippen LogP contribution in [0.2, 0.25) is 0 Å². The molecule has 0 fully saturated rings. The van der Waals surface area contributed by atoms with E-state index >= 15 is 0 Å². The number of rotatable bonds is 4. The molecule has 0 spiro atoms. The minimum atomic E-state index is 0.532. The molecule has 2 aromatic carbocycles. The summed E-state index contributed by atoms with van der Waals surface area (Å²) < 4.78 is 6.67. The molecule has 2 N–H and O–H groups in total. The zero-order valence-electron chi connectivity index (χ0n) is 10.3. The minimum absolute atomic E-state index is 0.532. The van der Waals surface area contributed by atoms with Gasteiger partial charge >= 0.3 is 0 Å². The van der Waals surface area contributed by atoms with Gasteiger partial charge in [-0.2, -0.15) is 0 Å². The van der Waals surface area contributed by atoms with E-state index in [2.05, 4.69) is 35.0 Å². The highest BCUT2D eigenvalue weighted by atomic mass is 79.9. The largest absolute Gasteiger partial charge is 0.489 e. The van der Waals surface area contributed by atoms with E-state index in [0.29, 0.717) is 6.61 Å². The molecule has 0 bridgehead atoms. The van der Waals surface area contributed by atoms with Gasteiger partial charge in [0.15, 0.2) is 0 Å². The van der Waals surface area contributed by atoms with E-state index in [1.807, 2.05) is 30.3 Å². The second kappa shape index (κ2) is 5.91. The number of ether oxygens (including phenoxy) is 1. The Kier molecular flexibility index (Phi) is 4.26. The van der Waals surface area contributed by atoms with Gasteiger partial charge in [-0.15, -0.1) is 0 Å². The maximum atomic E-state index is 5.83. The van der Waals surface area contributed by atoms with E-state index in [1.165, 1.54) is 5.56 Å². The van der Waals surface area contributed by atoms with Crippen molar-refractivity contribution in [2.75, 3.05) is 5.73 Å². The van der Waals surface area contributed by atoms with Crippen molar-refractivity contribution in [2.24, 2.45) is 0 Å². The molecule has 0 saturated heterocycles. The Labute approximate surface area is 116 Å². The Hall–Kier alpha value is -1.48. The first-order valence-corrected chi connectivity index (χ1v) is 6.74. The summed E-state index contributed by atoms with van der Waals surface area (Å²) in [6.07, 6.45) is 1.02. The van der Waals surface area contributed by atoms with Crippen LogP contribution in [0.15, 0.2) is 46.9 Å². The lowest BCUT2D eigenvalue weighted by Gasteiger charge is -2.08. The molecule has 0 saturated carbocycles. The summed E-state index contributed by atoms with van der Waals surface area (Å²) >= 11 is 3.38. The van der Waals surface area contributed by atoms with Crippen LogP contribution in [0.25, 0.3) is 0 Å². The molecule has 18 heavy (non-hydrogen) atoms. The van der Waals surface area contributed by atoms with Crippen molar-refractivity contribution in [3.8, 4) is 5.75 Å². The Balaban J connectivity index is 2.04. The first kappa shape index (κ1) is 13.0. The van der Waals surface area contributed by atoms with Gasteiger partial charge in [-0.25, -0.2) is 0 Å². The summed E-state index contributed by atoms with van der Waals surface area (Å²) in [4.78, 5) is 0. The number of aryl methyl sites for hydroxylation is 1. The summed E-state index contributed by atoms with van der Waals surface area (Å²) in [6.45, 7) is 2.67. The van der Waals surface area contributed by atoms with Gasteiger partial charge in [0, 0.05) is 10.2 Å². The Morgan fingerprint density at radius 3 is 2.67 bits per heavy atom. The van der Waals surface area contributed by atoms with Crippen LogP contribution in [0, 0.1) is 0 Å². The van der Waals surface area contributed by atoms with Crippen molar-refractivity contribution >= 4 is 21.6 Å². The van der Waals surface area contributed by atoms with Crippen LogP contribution in [-0.2, 0) is 13.0 Å². The maximum absolute atomic E-state index is 5.83. The van der Waals surface area contributed by atoms with Crippen molar-refractivity contribution in [1.29, 1.82) is 0 Å². The zero-order valence-corrected chi connectivity index (χ0v) is 11.9. The van der Waals surface area contributed by atoms with Gasteiger partial charge in [-0.05, 0) is 57.7 Å². The van der Waals surface area contributed by atoms with Crippen molar-refractivity contribution in [1.82, 2.24) is 0 Å². The summed E-state index contributed by atoms with van der Waals surface area (Å²) in [7, 11) is 0. The van der Waals surface area contributed by atoms with Gasteiger partial charge in [-0.3, -0.25) is 0 Å². The fourth-order valence-electron chi connectivity index (χ4n) is 1.70. The second-order valence-electron chi connectivity index (χ2n) is 4.15. The first-order valence-electron chi connectivity index (χ1n) is 5.94. The average Bonchev–Trinajstić information content (AvgIpc) is 2.40. The molecule has 2 nitrogen and oxygen atoms in total. The predicted molar refractivity (Wildman–Crippen MR) is 78.7 cm³/mol. The third-order valence-corrected chi connectivity index (χ3v) is 3.49. The average molecular weight is 306 g/mol. The number of nitrogens with two attached hydrogens (primary N) is 1. The Bertz CT molecular complexity index is 540. The van der Waals surface area contributed by atoms with Crippen molar-refractivity contribution < 1.29 is 4.74 Å². The van der Waals surface area contributed by atoms with Gasteiger partial charge in [-0.1, -0.05) is 25.1 Å². The van der Waals surface area contributed by atoms with E-state index in [4.69, 9.17) is 10.5 Å². The van der Waals surface area contributed by atoms with Gasteiger partial charge in [0.2, 0.25) is 0 Å². The van der Waals surface area contributed by atoms with Crippen LogP contribution in [0.1, 0.15) is 18.1 Å². The lowest BCUT2D eigenvalue weighted by atomic mass is 10.1. The molecule has 94 valence electrons. The maximum Gasteiger partial charge on any atom is 0.120 e. The fraction of sp³-hybridized carbons (Fsp3) is 0.200. The quantitative estimate of drug-likeness (QED) is 0.860. The molecule has 0 heterocycles. The number of hydrogen-bond donors (Lipinski definition) is 1. The van der Waals surface area contributed by atoms with Gasteiger partial charge in [0.25, 0.3) is 0 Å². The highest BCUT2D eigenvalue weighted by molar-refractivity contribution is 9.10. The van der Waals surface area contributed by atoms with Gasteiger partial charge in [0.05, 0.1) is 0 Å². The number of hydrogen-bond acceptors (Lipinski definition) is 2. The number of nitrogen functional groups attached to an aromatic ring is 1. The molecule has 2 aromatic rings. The van der Waals surface area contributed by atoms with Crippen molar-refractivity contribution in [3.63, 3.8) is 0 Å². The molecule has 0 atom stereocenters. The minimum Gasteiger partial charge on any atom is -0.489 e. The lowest BCUT2D eigenvalue weighted by Crippen LogP contribution is -1.97. The molecular weight excluding hydrogens is 290 g/mol. The van der Waals surface area contributed by atoms with Crippen molar-refractivity contribution in [2.45, 2.75) is 20.0 Å². The summed E-state index contributed by atoms with van der Waals surface area (Å²) in [5.41, 5.74) is 8.92. The highest BCUT2D eigenvalue weighted by Crippen LogP contribution is 2.21. The van der Waals surface area contributed by atoms with Crippen LogP contribution in [0.3, 0.4) is 0 Å². The smallest absolute Gasteiger partial charge is 0.120 e. The molecule has 2 rings (SSSR count).